The van der Waals surface area contributed by atoms with Gasteiger partial charge in [0.25, 0.3) is 0 Å². The molecular weight excluding hydrogens is 248 g/mol. The predicted octanol–water partition coefficient (Wildman–Crippen LogP) is 3.72. The van der Waals surface area contributed by atoms with Gasteiger partial charge in [-0.3, -0.25) is 11.3 Å². The Labute approximate surface area is 122 Å². The lowest BCUT2D eigenvalue weighted by molar-refractivity contribution is 0.216. The van der Waals surface area contributed by atoms with Gasteiger partial charge in [0.1, 0.15) is 5.75 Å². The van der Waals surface area contributed by atoms with Crippen molar-refractivity contribution in [2.45, 2.75) is 52.0 Å². The third kappa shape index (κ3) is 3.33. The van der Waals surface area contributed by atoms with Crippen LogP contribution in [-0.4, -0.2) is 7.11 Å². The summed E-state index contributed by atoms with van der Waals surface area (Å²) in [6.45, 7) is 4.41. The molecule has 3 N–H and O–H groups in total. The van der Waals surface area contributed by atoms with Crippen LogP contribution in [0.2, 0.25) is 0 Å². The van der Waals surface area contributed by atoms with Gasteiger partial charge in [-0.1, -0.05) is 43.9 Å². The van der Waals surface area contributed by atoms with Gasteiger partial charge in [0, 0.05) is 5.56 Å². The van der Waals surface area contributed by atoms with Gasteiger partial charge in [-0.25, -0.2) is 0 Å². The molecule has 112 valence electrons. The van der Waals surface area contributed by atoms with Gasteiger partial charge < -0.3 is 4.74 Å². The monoisotopic (exact) mass is 276 g/mol. The molecule has 2 rings (SSSR count). The van der Waals surface area contributed by atoms with Crippen molar-refractivity contribution in [2.24, 2.45) is 17.7 Å². The molecule has 3 heteroatoms. The van der Waals surface area contributed by atoms with E-state index in [4.69, 9.17) is 10.6 Å². The molecule has 20 heavy (non-hydrogen) atoms. The maximum Gasteiger partial charge on any atom is 0.123 e. The minimum Gasteiger partial charge on any atom is -0.496 e. The van der Waals surface area contributed by atoms with Crippen molar-refractivity contribution in [1.82, 2.24) is 5.43 Å². The number of benzene rings is 1. The summed E-state index contributed by atoms with van der Waals surface area (Å²) in [5, 5.41) is 0. The first-order valence-corrected chi connectivity index (χ1v) is 7.80. The highest BCUT2D eigenvalue weighted by Crippen LogP contribution is 2.40. The summed E-state index contributed by atoms with van der Waals surface area (Å²) >= 11 is 0. The van der Waals surface area contributed by atoms with E-state index in [-0.39, 0.29) is 6.04 Å². The minimum atomic E-state index is 0.197. The molecule has 0 spiro atoms. The molecule has 1 aliphatic rings. The van der Waals surface area contributed by atoms with Crippen LogP contribution in [0.1, 0.15) is 56.2 Å². The van der Waals surface area contributed by atoms with Gasteiger partial charge in [0.05, 0.1) is 13.2 Å². The van der Waals surface area contributed by atoms with Crippen LogP contribution < -0.4 is 16.0 Å². The van der Waals surface area contributed by atoms with Gasteiger partial charge >= 0.3 is 0 Å². The second-order valence-corrected chi connectivity index (χ2v) is 6.08. The van der Waals surface area contributed by atoms with Crippen LogP contribution in [0.3, 0.4) is 0 Å². The number of hydrogen-bond donors (Lipinski definition) is 2. The Bertz CT molecular complexity index is 425. The summed E-state index contributed by atoms with van der Waals surface area (Å²) in [6.07, 6.45) is 6.47. The molecule has 1 saturated carbocycles. The third-order valence-electron chi connectivity index (χ3n) is 4.84. The zero-order valence-corrected chi connectivity index (χ0v) is 13.0. The summed E-state index contributed by atoms with van der Waals surface area (Å²) in [5.74, 6) is 8.33. The average Bonchev–Trinajstić information content (AvgIpc) is 2.49. The van der Waals surface area contributed by atoms with Crippen LogP contribution in [0.15, 0.2) is 18.2 Å². The number of ether oxygens (including phenoxy) is 1. The first-order valence-electron chi connectivity index (χ1n) is 7.80. The van der Waals surface area contributed by atoms with Crippen LogP contribution in [0, 0.1) is 18.8 Å². The van der Waals surface area contributed by atoms with Crippen LogP contribution in [0.25, 0.3) is 0 Å². The van der Waals surface area contributed by atoms with Gasteiger partial charge in [0.2, 0.25) is 0 Å². The fraction of sp³-hybridized carbons (Fsp3) is 0.647. The highest BCUT2D eigenvalue weighted by Gasteiger charge is 2.29. The molecule has 0 heterocycles. The zero-order chi connectivity index (χ0) is 14.5. The summed E-state index contributed by atoms with van der Waals surface area (Å²) < 4.78 is 5.52. The van der Waals surface area contributed by atoms with Gasteiger partial charge in [-0.15, -0.1) is 0 Å². The van der Waals surface area contributed by atoms with E-state index >= 15 is 0 Å². The molecule has 1 atom stereocenters. The highest BCUT2D eigenvalue weighted by atomic mass is 16.5. The number of hydrazine groups is 1. The predicted molar refractivity (Wildman–Crippen MR) is 83.5 cm³/mol. The van der Waals surface area contributed by atoms with Gasteiger partial charge in [-0.2, -0.15) is 0 Å². The lowest BCUT2D eigenvalue weighted by Crippen LogP contribution is -2.35. The smallest absolute Gasteiger partial charge is 0.123 e. The van der Waals surface area contributed by atoms with E-state index in [1.54, 1.807) is 7.11 Å². The van der Waals surface area contributed by atoms with E-state index in [1.165, 1.54) is 43.2 Å². The number of aryl methyl sites for hydroxylation is 1. The second-order valence-electron chi connectivity index (χ2n) is 6.08. The first kappa shape index (κ1) is 15.3. The van der Waals surface area contributed by atoms with Gasteiger partial charge in [0.15, 0.2) is 0 Å². The Morgan fingerprint density at radius 2 is 2.00 bits per heavy atom. The van der Waals surface area contributed by atoms with E-state index in [1.807, 2.05) is 6.07 Å². The molecule has 0 radical (unpaired) electrons. The van der Waals surface area contributed by atoms with Crippen molar-refractivity contribution in [3.05, 3.63) is 29.3 Å². The normalized spacial score (nSPS) is 24.4. The van der Waals surface area contributed by atoms with E-state index < -0.39 is 0 Å². The lowest BCUT2D eigenvalue weighted by atomic mass is 9.76. The Morgan fingerprint density at radius 1 is 1.30 bits per heavy atom. The third-order valence-corrected chi connectivity index (χ3v) is 4.84. The molecule has 1 fully saturated rings. The molecular formula is C17H28N2O. The lowest BCUT2D eigenvalue weighted by Gasteiger charge is -2.34. The first-order chi connectivity index (χ1) is 9.69. The molecule has 0 aromatic heterocycles. The minimum absolute atomic E-state index is 0.197. The molecule has 1 aliphatic carbocycles. The number of methoxy groups -OCH3 is 1. The largest absolute Gasteiger partial charge is 0.496 e. The van der Waals surface area contributed by atoms with Crippen LogP contribution in [0.5, 0.6) is 5.75 Å². The summed E-state index contributed by atoms with van der Waals surface area (Å²) in [6, 6.07) is 6.54. The van der Waals surface area contributed by atoms with E-state index in [9.17, 15) is 0 Å². The number of nitrogens with one attached hydrogen (secondary N) is 1. The van der Waals surface area contributed by atoms with Crippen molar-refractivity contribution >= 4 is 0 Å². The Kier molecular flexibility index (Phi) is 5.44. The SMILES string of the molecule is CCC1CCC(C(NN)c2cc(C)ccc2OC)CC1. The summed E-state index contributed by atoms with van der Waals surface area (Å²) in [7, 11) is 1.73. The van der Waals surface area contributed by atoms with E-state index in [0.29, 0.717) is 5.92 Å². The highest BCUT2D eigenvalue weighted by molar-refractivity contribution is 5.39. The van der Waals surface area contributed by atoms with E-state index in [2.05, 4.69) is 31.4 Å². The Morgan fingerprint density at radius 3 is 2.55 bits per heavy atom. The maximum absolute atomic E-state index is 5.87. The number of nitrogens with two attached hydrogens (primary N) is 1. The fourth-order valence-electron chi connectivity index (χ4n) is 3.51. The second kappa shape index (κ2) is 7.09. The number of rotatable bonds is 5. The van der Waals surface area contributed by atoms with Gasteiger partial charge in [-0.05, 0) is 37.7 Å². The van der Waals surface area contributed by atoms with Crippen molar-refractivity contribution in [1.29, 1.82) is 0 Å². The molecule has 3 nitrogen and oxygen atoms in total. The molecule has 0 aliphatic heterocycles. The van der Waals surface area contributed by atoms with Crippen molar-refractivity contribution in [2.75, 3.05) is 7.11 Å². The molecule has 1 unspecified atom stereocenters. The molecule has 1 aromatic rings. The van der Waals surface area contributed by atoms with E-state index in [0.717, 1.165) is 11.7 Å². The fourth-order valence-corrected chi connectivity index (χ4v) is 3.51. The standard InChI is InChI=1S/C17H28N2O/c1-4-13-6-8-14(9-7-13)17(19-18)15-11-12(2)5-10-16(15)20-3/h5,10-11,13-14,17,19H,4,6-9,18H2,1-3H3. The Balaban J connectivity index is 2.18. The topological polar surface area (TPSA) is 47.3 Å². The molecule has 0 saturated heterocycles. The van der Waals surface area contributed by atoms with Crippen LogP contribution >= 0.6 is 0 Å². The summed E-state index contributed by atoms with van der Waals surface area (Å²) in [4.78, 5) is 0. The number of hydrogen-bond acceptors (Lipinski definition) is 3. The zero-order valence-electron chi connectivity index (χ0n) is 13.0. The van der Waals surface area contributed by atoms with Crippen molar-refractivity contribution in [3.8, 4) is 5.75 Å². The molecule has 0 amide bonds. The quantitative estimate of drug-likeness (QED) is 0.636. The average molecular weight is 276 g/mol. The molecule has 0 bridgehead atoms. The Hall–Kier alpha value is -1.06. The molecule has 1 aromatic carbocycles. The van der Waals surface area contributed by atoms with Crippen LogP contribution in [0.4, 0.5) is 0 Å². The summed E-state index contributed by atoms with van der Waals surface area (Å²) in [5.41, 5.74) is 5.50. The maximum atomic E-state index is 5.87. The van der Waals surface area contributed by atoms with Crippen molar-refractivity contribution in [3.63, 3.8) is 0 Å². The van der Waals surface area contributed by atoms with Crippen LogP contribution in [-0.2, 0) is 0 Å². The van der Waals surface area contributed by atoms with Crippen molar-refractivity contribution < 1.29 is 4.74 Å².